The van der Waals surface area contributed by atoms with Crippen LogP contribution in [0, 0.1) is 6.92 Å². The fourth-order valence-electron chi connectivity index (χ4n) is 4.06. The predicted molar refractivity (Wildman–Crippen MR) is 145 cm³/mol. The largest absolute Gasteiger partial charge is 0.463 e. The van der Waals surface area contributed by atoms with Gasteiger partial charge in [0, 0.05) is 49.2 Å². The van der Waals surface area contributed by atoms with Gasteiger partial charge in [-0.05, 0) is 44.9 Å². The number of esters is 1. The molecule has 40 heavy (non-hydrogen) atoms. The van der Waals surface area contributed by atoms with Crippen molar-refractivity contribution in [2.75, 3.05) is 11.9 Å². The second kappa shape index (κ2) is 11.7. The van der Waals surface area contributed by atoms with Crippen molar-refractivity contribution in [2.45, 2.75) is 46.5 Å². The van der Waals surface area contributed by atoms with Gasteiger partial charge >= 0.3 is 12.1 Å². The van der Waals surface area contributed by atoms with Gasteiger partial charge in [0.15, 0.2) is 11.5 Å². The van der Waals surface area contributed by atoms with Crippen molar-refractivity contribution in [1.82, 2.24) is 29.3 Å². The number of imidazole rings is 1. The lowest BCUT2D eigenvalue weighted by atomic mass is 10.1. The van der Waals surface area contributed by atoms with E-state index in [-0.39, 0.29) is 18.5 Å². The van der Waals surface area contributed by atoms with Crippen molar-refractivity contribution in [3.8, 4) is 22.9 Å². The number of nitrogens with one attached hydrogen (secondary N) is 1. The first-order valence-corrected chi connectivity index (χ1v) is 12.7. The van der Waals surface area contributed by atoms with Crippen LogP contribution in [0.25, 0.3) is 29.0 Å². The van der Waals surface area contributed by atoms with Crippen molar-refractivity contribution in [3.05, 3.63) is 71.3 Å². The van der Waals surface area contributed by atoms with Gasteiger partial charge in [0.05, 0.1) is 12.8 Å². The monoisotopic (exact) mass is 553 g/mol. The van der Waals surface area contributed by atoms with E-state index < -0.39 is 17.8 Å². The molecule has 4 aromatic rings. The van der Waals surface area contributed by atoms with E-state index in [4.69, 9.17) is 9.72 Å². The fraction of sp³-hybridized carbons (Fsp3) is 0.321. The molecule has 1 aromatic carbocycles. The zero-order valence-corrected chi connectivity index (χ0v) is 22.8. The third-order valence-electron chi connectivity index (χ3n) is 6.02. The smallest absolute Gasteiger partial charge is 0.434 e. The highest BCUT2D eigenvalue weighted by Gasteiger charge is 2.34. The molecule has 0 bridgehead atoms. The highest BCUT2D eigenvalue weighted by Crippen LogP contribution is 2.31. The van der Waals surface area contributed by atoms with E-state index in [9.17, 15) is 18.0 Å². The topological polar surface area (TPSA) is 99.8 Å². The predicted octanol–water partition coefficient (Wildman–Crippen LogP) is 5.84. The standard InChI is InChI=1S/C28H30F3N7O2/c1-6-40-23(39)12-11-21-15-33-26(24-18(4)13-34-38(24)17(2)3)36-25(21)32-14-19-7-9-20(10-8-19)27-35-22(16-37(27)5)28(29,30)31/h7-13,15-17H,6,14H2,1-5H3,(H,32,33,36)/b12-11+. The van der Waals surface area contributed by atoms with Gasteiger partial charge in [-0.15, -0.1) is 0 Å². The molecule has 1 N–H and O–H groups in total. The average Bonchev–Trinajstić information content (AvgIpc) is 3.50. The van der Waals surface area contributed by atoms with E-state index in [1.807, 2.05) is 25.5 Å². The molecular formula is C28H30F3N7O2. The summed E-state index contributed by atoms with van der Waals surface area (Å²) >= 11 is 0. The SMILES string of the molecule is CCOC(=O)/C=C/c1cnc(-c2c(C)cnn2C(C)C)nc1NCc1ccc(-c2nc(C(F)(F)F)cn2C)cc1. The maximum Gasteiger partial charge on any atom is 0.434 e. The Morgan fingerprint density at radius 1 is 1.15 bits per heavy atom. The second-order valence-corrected chi connectivity index (χ2v) is 9.41. The minimum atomic E-state index is -4.51. The number of carbonyl (C=O) groups is 1. The van der Waals surface area contributed by atoms with E-state index in [1.54, 1.807) is 49.7 Å². The molecule has 0 amide bonds. The van der Waals surface area contributed by atoms with Crippen LogP contribution in [0.1, 0.15) is 49.2 Å². The number of hydrogen-bond donors (Lipinski definition) is 1. The van der Waals surface area contributed by atoms with E-state index >= 15 is 0 Å². The van der Waals surface area contributed by atoms with Crippen LogP contribution in [0.5, 0.6) is 0 Å². The molecule has 0 atom stereocenters. The van der Waals surface area contributed by atoms with Crippen molar-refractivity contribution in [1.29, 1.82) is 0 Å². The van der Waals surface area contributed by atoms with Gasteiger partial charge in [-0.1, -0.05) is 24.3 Å². The lowest BCUT2D eigenvalue weighted by molar-refractivity contribution is -0.141. The first-order chi connectivity index (χ1) is 19.0. The number of nitrogens with zero attached hydrogens (tertiary/aromatic N) is 6. The van der Waals surface area contributed by atoms with Crippen LogP contribution in [0.15, 0.2) is 48.9 Å². The summed E-state index contributed by atoms with van der Waals surface area (Å²) in [5.74, 6) is 0.704. The molecule has 0 fully saturated rings. The summed E-state index contributed by atoms with van der Waals surface area (Å²) < 4.78 is 47.4. The Hall–Kier alpha value is -4.48. The summed E-state index contributed by atoms with van der Waals surface area (Å²) in [5.41, 5.74) is 2.77. The fourth-order valence-corrected chi connectivity index (χ4v) is 4.06. The Balaban J connectivity index is 1.61. The Labute approximate surface area is 229 Å². The second-order valence-electron chi connectivity index (χ2n) is 9.41. The van der Waals surface area contributed by atoms with E-state index in [1.165, 1.54) is 17.7 Å². The number of benzene rings is 1. The van der Waals surface area contributed by atoms with Crippen molar-refractivity contribution < 1.29 is 22.7 Å². The number of ether oxygens (including phenoxy) is 1. The van der Waals surface area contributed by atoms with Crippen molar-refractivity contribution >= 4 is 17.9 Å². The zero-order valence-electron chi connectivity index (χ0n) is 22.8. The van der Waals surface area contributed by atoms with Crippen LogP contribution in [-0.2, 0) is 29.3 Å². The molecule has 0 radical (unpaired) electrons. The molecule has 0 spiro atoms. The quantitative estimate of drug-likeness (QED) is 0.205. The van der Waals surface area contributed by atoms with Crippen LogP contribution in [-0.4, -0.2) is 41.9 Å². The minimum Gasteiger partial charge on any atom is -0.463 e. The normalized spacial score (nSPS) is 11.9. The molecule has 3 aromatic heterocycles. The molecule has 9 nitrogen and oxygen atoms in total. The van der Waals surface area contributed by atoms with Gasteiger partial charge in [-0.2, -0.15) is 18.3 Å². The molecule has 210 valence electrons. The van der Waals surface area contributed by atoms with Crippen LogP contribution in [0.3, 0.4) is 0 Å². The Morgan fingerprint density at radius 2 is 1.88 bits per heavy atom. The maximum absolute atomic E-state index is 13.1. The number of rotatable bonds is 9. The lowest BCUT2D eigenvalue weighted by Crippen LogP contribution is -2.09. The van der Waals surface area contributed by atoms with Gasteiger partial charge in [0.2, 0.25) is 0 Å². The van der Waals surface area contributed by atoms with Crippen LogP contribution < -0.4 is 5.32 Å². The van der Waals surface area contributed by atoms with Gasteiger partial charge in [-0.25, -0.2) is 19.7 Å². The van der Waals surface area contributed by atoms with Gasteiger partial charge in [0.1, 0.15) is 17.3 Å². The van der Waals surface area contributed by atoms with Gasteiger partial charge in [-0.3, -0.25) is 4.68 Å². The van der Waals surface area contributed by atoms with Gasteiger partial charge in [0.25, 0.3) is 0 Å². The highest BCUT2D eigenvalue weighted by atomic mass is 19.4. The summed E-state index contributed by atoms with van der Waals surface area (Å²) in [4.78, 5) is 24.9. The van der Waals surface area contributed by atoms with E-state index in [2.05, 4.69) is 20.4 Å². The Morgan fingerprint density at radius 3 is 2.50 bits per heavy atom. The first-order valence-electron chi connectivity index (χ1n) is 12.7. The highest BCUT2D eigenvalue weighted by molar-refractivity contribution is 5.88. The third-order valence-corrected chi connectivity index (χ3v) is 6.02. The van der Waals surface area contributed by atoms with Crippen LogP contribution in [0.4, 0.5) is 19.0 Å². The molecular weight excluding hydrogens is 523 g/mol. The lowest BCUT2D eigenvalue weighted by Gasteiger charge is -2.14. The molecule has 0 aliphatic rings. The molecule has 3 heterocycles. The number of aryl methyl sites for hydroxylation is 2. The minimum absolute atomic E-state index is 0.0940. The summed E-state index contributed by atoms with van der Waals surface area (Å²) in [6, 6.07) is 7.14. The molecule has 0 saturated heterocycles. The Bertz CT molecular complexity index is 1520. The summed E-state index contributed by atoms with van der Waals surface area (Å²) in [5, 5.41) is 7.74. The van der Waals surface area contributed by atoms with Crippen molar-refractivity contribution in [3.63, 3.8) is 0 Å². The first kappa shape index (κ1) is 28.5. The molecule has 0 aliphatic heterocycles. The Kier molecular flexibility index (Phi) is 8.36. The van der Waals surface area contributed by atoms with Gasteiger partial charge < -0.3 is 14.6 Å². The number of alkyl halides is 3. The number of carbonyl (C=O) groups excluding carboxylic acids is 1. The third kappa shape index (κ3) is 6.38. The molecule has 0 unspecified atom stereocenters. The number of anilines is 1. The average molecular weight is 554 g/mol. The molecule has 4 rings (SSSR count). The molecule has 12 heteroatoms. The van der Waals surface area contributed by atoms with E-state index in [0.29, 0.717) is 29.3 Å². The van der Waals surface area contributed by atoms with Crippen LogP contribution >= 0.6 is 0 Å². The van der Waals surface area contributed by atoms with E-state index in [0.717, 1.165) is 23.0 Å². The summed E-state index contributed by atoms with van der Waals surface area (Å²) in [7, 11) is 1.53. The van der Waals surface area contributed by atoms with Crippen molar-refractivity contribution in [2.24, 2.45) is 7.05 Å². The number of aromatic nitrogens is 6. The zero-order chi connectivity index (χ0) is 29.0. The van der Waals surface area contributed by atoms with Crippen LogP contribution in [0.2, 0.25) is 0 Å². The maximum atomic E-state index is 13.1. The molecule has 0 aliphatic carbocycles. The summed E-state index contributed by atoms with van der Waals surface area (Å²) in [6.45, 7) is 8.31. The number of halogens is 3. The summed E-state index contributed by atoms with van der Waals surface area (Å²) in [6.07, 6.45) is 2.74. The number of hydrogen-bond acceptors (Lipinski definition) is 7. The molecule has 0 saturated carbocycles.